The van der Waals surface area contributed by atoms with Gasteiger partial charge in [-0.3, -0.25) is 0 Å². The molecule has 0 saturated heterocycles. The molecule has 7 heteroatoms. The second-order valence-corrected chi connectivity index (χ2v) is 5.03. The third kappa shape index (κ3) is 4.51. The van der Waals surface area contributed by atoms with Gasteiger partial charge >= 0.3 is 0 Å². The van der Waals surface area contributed by atoms with E-state index >= 15 is 0 Å². The Labute approximate surface area is 83.7 Å². The Morgan fingerprint density at radius 3 is 2.62 bits per heavy atom. The van der Waals surface area contributed by atoms with E-state index in [9.17, 15) is 8.42 Å². The van der Waals surface area contributed by atoms with Gasteiger partial charge in [-0.15, -0.1) is 0 Å². The molecule has 13 heavy (non-hydrogen) atoms. The highest BCUT2D eigenvalue weighted by atomic mass is 32.2. The Bertz CT molecular complexity index is 263. The van der Waals surface area contributed by atoms with Gasteiger partial charge in [0.25, 0.3) is 0 Å². The van der Waals surface area contributed by atoms with Gasteiger partial charge in [0.15, 0.2) is 0 Å². The average molecular weight is 226 g/mol. The smallest absolute Gasteiger partial charge is 0.220 e. The lowest BCUT2D eigenvalue weighted by Gasteiger charge is -2.11. The number of nitrogens with one attached hydrogen (secondary N) is 1. The summed E-state index contributed by atoms with van der Waals surface area (Å²) in [4.78, 5) is -0.0371. The summed E-state index contributed by atoms with van der Waals surface area (Å²) in [5, 5.41) is -0.848. The van der Waals surface area contributed by atoms with E-state index in [0.29, 0.717) is 6.61 Å². The van der Waals surface area contributed by atoms with E-state index in [-0.39, 0.29) is 11.5 Å². The zero-order chi connectivity index (χ0) is 10.5. The van der Waals surface area contributed by atoms with Gasteiger partial charge in [-0.2, -0.15) is 0 Å². The summed E-state index contributed by atoms with van der Waals surface area (Å²) in [7, 11) is -1.94. The molecule has 0 aromatic carbocycles. The predicted octanol–water partition coefficient (Wildman–Crippen LogP) is -0.773. The minimum atomic E-state index is -3.43. The third-order valence-corrected chi connectivity index (χ3v) is 3.77. The van der Waals surface area contributed by atoms with Crippen molar-refractivity contribution >= 4 is 27.2 Å². The SMILES string of the molecule is COCCNS(=O)(=O)C(C)C(N)=S. The first kappa shape index (κ1) is 12.8. The fourth-order valence-corrected chi connectivity index (χ4v) is 1.87. The van der Waals surface area contributed by atoms with Crippen LogP contribution in [0.4, 0.5) is 0 Å². The minimum absolute atomic E-state index is 0.0371. The van der Waals surface area contributed by atoms with Crippen LogP contribution in [0.25, 0.3) is 0 Å². The highest BCUT2D eigenvalue weighted by Crippen LogP contribution is 1.97. The summed E-state index contributed by atoms with van der Waals surface area (Å²) >= 11 is 4.57. The lowest BCUT2D eigenvalue weighted by atomic mass is 10.5. The molecule has 0 aromatic rings. The molecular formula is C6H14N2O3S2. The van der Waals surface area contributed by atoms with Gasteiger partial charge in [0.1, 0.15) is 5.25 Å². The number of ether oxygens (including phenoxy) is 1. The van der Waals surface area contributed by atoms with Crippen molar-refractivity contribution in [2.75, 3.05) is 20.3 Å². The van der Waals surface area contributed by atoms with Gasteiger partial charge in [0, 0.05) is 13.7 Å². The molecule has 0 radical (unpaired) electrons. The summed E-state index contributed by atoms with van der Waals surface area (Å²) in [5.74, 6) is 0. The van der Waals surface area contributed by atoms with Crippen LogP contribution >= 0.6 is 12.2 Å². The molecule has 5 nitrogen and oxygen atoms in total. The highest BCUT2D eigenvalue weighted by molar-refractivity contribution is 7.93. The van der Waals surface area contributed by atoms with E-state index in [0.717, 1.165) is 0 Å². The Hall–Kier alpha value is -0.240. The second-order valence-electron chi connectivity index (χ2n) is 2.48. The first-order valence-electron chi connectivity index (χ1n) is 3.68. The Balaban J connectivity index is 4.16. The largest absolute Gasteiger partial charge is 0.392 e. The normalized spacial score (nSPS) is 14.0. The van der Waals surface area contributed by atoms with Gasteiger partial charge < -0.3 is 10.5 Å². The first-order chi connectivity index (χ1) is 5.91. The van der Waals surface area contributed by atoms with Gasteiger partial charge in [0.2, 0.25) is 10.0 Å². The fraction of sp³-hybridized carbons (Fsp3) is 0.833. The van der Waals surface area contributed by atoms with Crippen LogP contribution in [0.3, 0.4) is 0 Å². The van der Waals surface area contributed by atoms with Crippen molar-refractivity contribution in [3.8, 4) is 0 Å². The van der Waals surface area contributed by atoms with Gasteiger partial charge in [0.05, 0.1) is 11.6 Å². The highest BCUT2D eigenvalue weighted by Gasteiger charge is 2.22. The van der Waals surface area contributed by atoms with Crippen molar-refractivity contribution in [3.63, 3.8) is 0 Å². The molecule has 0 bridgehead atoms. The Morgan fingerprint density at radius 1 is 1.69 bits per heavy atom. The van der Waals surface area contributed by atoms with Crippen molar-refractivity contribution in [2.24, 2.45) is 5.73 Å². The van der Waals surface area contributed by atoms with Crippen LogP contribution in [0.15, 0.2) is 0 Å². The zero-order valence-electron chi connectivity index (χ0n) is 7.61. The number of rotatable bonds is 6. The predicted molar refractivity (Wildman–Crippen MR) is 55.0 cm³/mol. The number of nitrogens with two attached hydrogens (primary N) is 1. The van der Waals surface area contributed by atoms with E-state index in [1.54, 1.807) is 0 Å². The van der Waals surface area contributed by atoms with E-state index in [4.69, 9.17) is 5.73 Å². The molecule has 0 aliphatic heterocycles. The lowest BCUT2D eigenvalue weighted by Crippen LogP contribution is -2.41. The molecule has 3 N–H and O–H groups in total. The Kier molecular flexibility index (Phi) is 5.38. The van der Waals surface area contributed by atoms with E-state index in [1.807, 2.05) is 0 Å². The number of hydrogen-bond acceptors (Lipinski definition) is 4. The maximum atomic E-state index is 11.3. The molecule has 0 amide bonds. The minimum Gasteiger partial charge on any atom is -0.392 e. The van der Waals surface area contributed by atoms with Crippen LogP contribution in [0, 0.1) is 0 Å². The summed E-state index contributed by atoms with van der Waals surface area (Å²) in [6, 6.07) is 0. The monoisotopic (exact) mass is 226 g/mol. The molecule has 1 atom stereocenters. The van der Waals surface area contributed by atoms with Crippen LogP contribution in [0.5, 0.6) is 0 Å². The number of sulfonamides is 1. The van der Waals surface area contributed by atoms with Crippen molar-refractivity contribution in [1.29, 1.82) is 0 Å². The van der Waals surface area contributed by atoms with Crippen molar-refractivity contribution in [3.05, 3.63) is 0 Å². The van der Waals surface area contributed by atoms with Crippen LogP contribution < -0.4 is 10.5 Å². The molecular weight excluding hydrogens is 212 g/mol. The number of hydrogen-bond donors (Lipinski definition) is 2. The average Bonchev–Trinajstić information content (AvgIpc) is 2.03. The first-order valence-corrected chi connectivity index (χ1v) is 5.64. The molecule has 78 valence electrons. The zero-order valence-corrected chi connectivity index (χ0v) is 9.24. The van der Waals surface area contributed by atoms with E-state index in [1.165, 1.54) is 14.0 Å². The maximum absolute atomic E-state index is 11.3. The Morgan fingerprint density at radius 2 is 2.23 bits per heavy atom. The van der Waals surface area contributed by atoms with Crippen molar-refractivity contribution in [2.45, 2.75) is 12.2 Å². The van der Waals surface area contributed by atoms with Gasteiger partial charge in [-0.05, 0) is 6.92 Å². The molecule has 0 aliphatic rings. The van der Waals surface area contributed by atoms with Gasteiger partial charge in [-0.1, -0.05) is 12.2 Å². The summed E-state index contributed by atoms with van der Waals surface area (Å²) in [6.07, 6.45) is 0. The molecule has 0 heterocycles. The molecule has 0 saturated carbocycles. The molecule has 0 aliphatic carbocycles. The van der Waals surface area contributed by atoms with Crippen LogP contribution in [0.2, 0.25) is 0 Å². The van der Waals surface area contributed by atoms with E-state index < -0.39 is 15.3 Å². The summed E-state index contributed by atoms with van der Waals surface area (Å²) in [5.41, 5.74) is 5.21. The molecule has 1 unspecified atom stereocenters. The van der Waals surface area contributed by atoms with Crippen LogP contribution in [-0.4, -0.2) is 38.9 Å². The summed E-state index contributed by atoms with van der Waals surface area (Å²) < 4.78 is 29.6. The molecule has 0 aromatic heterocycles. The topological polar surface area (TPSA) is 81.4 Å². The maximum Gasteiger partial charge on any atom is 0.220 e. The van der Waals surface area contributed by atoms with Crippen LogP contribution in [-0.2, 0) is 14.8 Å². The standard InChI is InChI=1S/C6H14N2O3S2/c1-5(6(7)12)13(9,10)8-3-4-11-2/h5,8H,3-4H2,1-2H3,(H2,7,12). The molecule has 0 fully saturated rings. The van der Waals surface area contributed by atoms with E-state index in [2.05, 4.69) is 21.7 Å². The van der Waals surface area contributed by atoms with Gasteiger partial charge in [-0.25, -0.2) is 13.1 Å². The second kappa shape index (κ2) is 5.48. The summed E-state index contributed by atoms with van der Waals surface area (Å²) in [6.45, 7) is 1.99. The number of thiocarbonyl (C=S) groups is 1. The fourth-order valence-electron chi connectivity index (χ4n) is 0.564. The van der Waals surface area contributed by atoms with Crippen LogP contribution in [0.1, 0.15) is 6.92 Å². The third-order valence-electron chi connectivity index (χ3n) is 1.48. The molecule has 0 spiro atoms. The lowest BCUT2D eigenvalue weighted by molar-refractivity contribution is 0.204. The number of methoxy groups -OCH3 is 1. The van der Waals surface area contributed by atoms with Crippen molar-refractivity contribution in [1.82, 2.24) is 4.72 Å². The quantitative estimate of drug-likeness (QED) is 0.459. The van der Waals surface area contributed by atoms with Crippen molar-refractivity contribution < 1.29 is 13.2 Å². The molecule has 0 rings (SSSR count).